The van der Waals surface area contributed by atoms with Gasteiger partial charge in [0.25, 0.3) is 0 Å². The summed E-state index contributed by atoms with van der Waals surface area (Å²) in [6.07, 6.45) is 1.20. The van der Waals surface area contributed by atoms with Crippen LogP contribution < -0.4 is 10.1 Å². The van der Waals surface area contributed by atoms with E-state index in [0.717, 1.165) is 18.7 Å². The summed E-state index contributed by atoms with van der Waals surface area (Å²) in [6, 6.07) is 8.17. The standard InChI is InChI=1S/C10H13NO/c1-2-10-11-7-8-5-3-4-6-9(8)12-10/h3-6,10-11H,2,7H2,1H3. The molecule has 12 heavy (non-hydrogen) atoms. The minimum atomic E-state index is 0.194. The Hall–Kier alpha value is -1.02. The second kappa shape index (κ2) is 3.15. The zero-order valence-corrected chi connectivity index (χ0v) is 7.21. The average molecular weight is 163 g/mol. The Morgan fingerprint density at radius 2 is 2.33 bits per heavy atom. The van der Waals surface area contributed by atoms with Crippen LogP contribution in [0.4, 0.5) is 0 Å². The van der Waals surface area contributed by atoms with Crippen molar-refractivity contribution in [1.82, 2.24) is 5.32 Å². The Kier molecular flexibility index (Phi) is 2.00. The Labute approximate surface area is 72.5 Å². The Bertz CT molecular complexity index is 272. The molecule has 0 saturated heterocycles. The maximum Gasteiger partial charge on any atom is 0.150 e. The first-order valence-electron chi connectivity index (χ1n) is 4.38. The molecule has 0 radical (unpaired) electrons. The molecule has 0 fully saturated rings. The van der Waals surface area contributed by atoms with Crippen molar-refractivity contribution in [2.24, 2.45) is 0 Å². The molecule has 2 rings (SSSR count). The van der Waals surface area contributed by atoms with Gasteiger partial charge in [-0.2, -0.15) is 0 Å². The van der Waals surface area contributed by atoms with Crippen LogP contribution >= 0.6 is 0 Å². The molecule has 1 heterocycles. The lowest BCUT2D eigenvalue weighted by Crippen LogP contribution is -2.37. The van der Waals surface area contributed by atoms with E-state index in [0.29, 0.717) is 0 Å². The van der Waals surface area contributed by atoms with Crippen LogP contribution in [0.5, 0.6) is 5.75 Å². The lowest BCUT2D eigenvalue weighted by molar-refractivity contribution is 0.138. The van der Waals surface area contributed by atoms with Gasteiger partial charge in [-0.3, -0.25) is 5.32 Å². The van der Waals surface area contributed by atoms with Crippen LogP contribution in [0.2, 0.25) is 0 Å². The van der Waals surface area contributed by atoms with Crippen LogP contribution in [0, 0.1) is 0 Å². The highest BCUT2D eigenvalue weighted by Crippen LogP contribution is 2.22. The largest absolute Gasteiger partial charge is 0.475 e. The molecule has 0 aromatic heterocycles. The van der Waals surface area contributed by atoms with Gasteiger partial charge in [0.1, 0.15) is 12.0 Å². The molecule has 2 nitrogen and oxygen atoms in total. The van der Waals surface area contributed by atoms with Gasteiger partial charge in [-0.15, -0.1) is 0 Å². The van der Waals surface area contributed by atoms with E-state index in [9.17, 15) is 0 Å². The van der Waals surface area contributed by atoms with E-state index in [1.165, 1.54) is 5.56 Å². The first-order valence-corrected chi connectivity index (χ1v) is 4.38. The van der Waals surface area contributed by atoms with Crippen LogP contribution in [-0.2, 0) is 6.54 Å². The van der Waals surface area contributed by atoms with Gasteiger partial charge in [0.05, 0.1) is 0 Å². The zero-order chi connectivity index (χ0) is 8.39. The third-order valence-corrected chi connectivity index (χ3v) is 2.13. The van der Waals surface area contributed by atoms with Crippen LogP contribution in [0.15, 0.2) is 24.3 Å². The van der Waals surface area contributed by atoms with E-state index in [2.05, 4.69) is 18.3 Å². The number of benzene rings is 1. The van der Waals surface area contributed by atoms with Crippen LogP contribution in [0.1, 0.15) is 18.9 Å². The summed E-state index contributed by atoms with van der Waals surface area (Å²) >= 11 is 0. The topological polar surface area (TPSA) is 21.3 Å². The van der Waals surface area contributed by atoms with E-state index in [1.54, 1.807) is 0 Å². The van der Waals surface area contributed by atoms with Crippen molar-refractivity contribution < 1.29 is 4.74 Å². The minimum absolute atomic E-state index is 0.194. The third kappa shape index (κ3) is 1.30. The molecule has 1 atom stereocenters. The summed E-state index contributed by atoms with van der Waals surface area (Å²) in [5.41, 5.74) is 1.25. The van der Waals surface area contributed by atoms with Crippen molar-refractivity contribution in [2.75, 3.05) is 0 Å². The quantitative estimate of drug-likeness (QED) is 0.682. The number of rotatable bonds is 1. The predicted octanol–water partition coefficient (Wildman–Crippen LogP) is 1.90. The maximum absolute atomic E-state index is 5.67. The van der Waals surface area contributed by atoms with Gasteiger partial charge in [-0.05, 0) is 12.5 Å². The van der Waals surface area contributed by atoms with Gasteiger partial charge >= 0.3 is 0 Å². The van der Waals surface area contributed by atoms with Crippen molar-refractivity contribution >= 4 is 0 Å². The second-order valence-electron chi connectivity index (χ2n) is 3.00. The fourth-order valence-electron chi connectivity index (χ4n) is 1.41. The lowest BCUT2D eigenvalue weighted by Gasteiger charge is -2.26. The van der Waals surface area contributed by atoms with E-state index in [4.69, 9.17) is 4.74 Å². The summed E-state index contributed by atoms with van der Waals surface area (Å²) in [6.45, 7) is 3.04. The molecule has 1 aliphatic heterocycles. The van der Waals surface area contributed by atoms with E-state index < -0.39 is 0 Å². The fraction of sp³-hybridized carbons (Fsp3) is 0.400. The van der Waals surface area contributed by atoms with Crippen LogP contribution in [-0.4, -0.2) is 6.23 Å². The highest BCUT2D eigenvalue weighted by atomic mass is 16.5. The molecule has 1 N–H and O–H groups in total. The molecular formula is C10H13NO. The number of nitrogens with one attached hydrogen (secondary N) is 1. The van der Waals surface area contributed by atoms with Crippen molar-refractivity contribution in [1.29, 1.82) is 0 Å². The molecule has 0 spiro atoms. The van der Waals surface area contributed by atoms with Crippen molar-refractivity contribution in [3.05, 3.63) is 29.8 Å². The molecule has 0 bridgehead atoms. The first kappa shape index (κ1) is 7.62. The molecule has 2 heteroatoms. The number of para-hydroxylation sites is 1. The molecule has 0 saturated carbocycles. The van der Waals surface area contributed by atoms with Gasteiger partial charge in [0, 0.05) is 12.1 Å². The van der Waals surface area contributed by atoms with Crippen molar-refractivity contribution in [2.45, 2.75) is 26.1 Å². The first-order chi connectivity index (χ1) is 5.90. The van der Waals surface area contributed by atoms with Gasteiger partial charge < -0.3 is 4.74 Å². The molecule has 1 aromatic rings. The monoisotopic (exact) mass is 163 g/mol. The van der Waals surface area contributed by atoms with Crippen molar-refractivity contribution in [3.63, 3.8) is 0 Å². The fourth-order valence-corrected chi connectivity index (χ4v) is 1.41. The van der Waals surface area contributed by atoms with Gasteiger partial charge in [0.15, 0.2) is 0 Å². The molecule has 1 unspecified atom stereocenters. The number of hydrogen-bond acceptors (Lipinski definition) is 2. The molecular weight excluding hydrogens is 150 g/mol. The highest BCUT2D eigenvalue weighted by molar-refractivity contribution is 5.34. The van der Waals surface area contributed by atoms with E-state index >= 15 is 0 Å². The smallest absolute Gasteiger partial charge is 0.150 e. The van der Waals surface area contributed by atoms with Crippen molar-refractivity contribution in [3.8, 4) is 5.75 Å². The van der Waals surface area contributed by atoms with Gasteiger partial charge in [-0.1, -0.05) is 25.1 Å². The minimum Gasteiger partial charge on any atom is -0.475 e. The molecule has 0 aliphatic carbocycles. The zero-order valence-electron chi connectivity index (χ0n) is 7.21. The summed E-state index contributed by atoms with van der Waals surface area (Å²) in [5.74, 6) is 1.03. The number of fused-ring (bicyclic) bond motifs is 1. The SMILES string of the molecule is CCC1NCc2ccccc2O1. The highest BCUT2D eigenvalue weighted by Gasteiger charge is 2.15. The van der Waals surface area contributed by atoms with Crippen LogP contribution in [0.25, 0.3) is 0 Å². The summed E-state index contributed by atoms with van der Waals surface area (Å²) in [7, 11) is 0. The van der Waals surface area contributed by atoms with Gasteiger partial charge in [-0.25, -0.2) is 0 Å². The lowest BCUT2D eigenvalue weighted by atomic mass is 10.1. The second-order valence-corrected chi connectivity index (χ2v) is 3.00. The van der Waals surface area contributed by atoms with Gasteiger partial charge in [0.2, 0.25) is 0 Å². The number of hydrogen-bond donors (Lipinski definition) is 1. The molecule has 64 valence electrons. The summed E-state index contributed by atoms with van der Waals surface area (Å²) < 4.78 is 5.67. The van der Waals surface area contributed by atoms with E-state index in [1.807, 2.05) is 18.2 Å². The Balaban J connectivity index is 2.23. The normalized spacial score (nSPS) is 21.2. The molecule has 0 amide bonds. The summed E-state index contributed by atoms with van der Waals surface area (Å²) in [4.78, 5) is 0. The third-order valence-electron chi connectivity index (χ3n) is 2.13. The Morgan fingerprint density at radius 3 is 3.17 bits per heavy atom. The van der Waals surface area contributed by atoms with E-state index in [-0.39, 0.29) is 6.23 Å². The maximum atomic E-state index is 5.67. The van der Waals surface area contributed by atoms with Crippen LogP contribution in [0.3, 0.4) is 0 Å². The number of ether oxygens (including phenoxy) is 1. The molecule has 1 aromatic carbocycles. The predicted molar refractivity (Wildman–Crippen MR) is 48.0 cm³/mol. The molecule has 1 aliphatic rings. The summed E-state index contributed by atoms with van der Waals surface area (Å²) in [5, 5.41) is 3.30. The Morgan fingerprint density at radius 1 is 1.50 bits per heavy atom. The average Bonchev–Trinajstić information content (AvgIpc) is 2.17.